The summed E-state index contributed by atoms with van der Waals surface area (Å²) in [7, 11) is 1.30. The van der Waals surface area contributed by atoms with E-state index in [0.29, 0.717) is 29.5 Å². The highest BCUT2D eigenvalue weighted by Crippen LogP contribution is 2.29. The van der Waals surface area contributed by atoms with Gasteiger partial charge in [0.25, 0.3) is 10.8 Å². The van der Waals surface area contributed by atoms with Crippen molar-refractivity contribution in [2.45, 2.75) is 39.3 Å². The van der Waals surface area contributed by atoms with Crippen molar-refractivity contribution in [3.63, 3.8) is 0 Å². The molecule has 1 atom stereocenters. The fourth-order valence-corrected chi connectivity index (χ4v) is 2.85. The predicted octanol–water partition coefficient (Wildman–Crippen LogP) is 2.12. The third-order valence-electron chi connectivity index (χ3n) is 3.80. The summed E-state index contributed by atoms with van der Waals surface area (Å²) in [6.07, 6.45) is 0.654. The number of hydrogen-bond donors (Lipinski definition) is 1. The molecule has 0 radical (unpaired) electrons. The molecule has 0 aromatic heterocycles. The third-order valence-corrected chi connectivity index (χ3v) is 3.80. The van der Waals surface area contributed by atoms with E-state index >= 15 is 0 Å². The van der Waals surface area contributed by atoms with Crippen LogP contribution in [0.25, 0.3) is 0 Å². The van der Waals surface area contributed by atoms with Crippen LogP contribution in [0.5, 0.6) is 0 Å². The number of nitrogens with two attached hydrogens (primary N) is 1. The van der Waals surface area contributed by atoms with Crippen molar-refractivity contribution in [3.8, 4) is 0 Å². The first-order valence-electron chi connectivity index (χ1n) is 7.54. The molecular formula is C16H23N4O3+. The molecule has 2 rings (SSSR count). The molecule has 7 heteroatoms. The number of rotatable bonds is 6. The molecule has 0 aliphatic carbocycles. The van der Waals surface area contributed by atoms with Gasteiger partial charge in [0, 0.05) is 12.1 Å². The second-order valence-electron chi connectivity index (χ2n) is 6.34. The molecule has 1 unspecified atom stereocenters. The number of benzene rings is 1. The Morgan fingerprint density at radius 1 is 1.35 bits per heavy atom. The van der Waals surface area contributed by atoms with E-state index in [0.717, 1.165) is 5.56 Å². The van der Waals surface area contributed by atoms with Gasteiger partial charge in [0.2, 0.25) is 0 Å². The molecular weight excluding hydrogens is 296 g/mol. The van der Waals surface area contributed by atoms with Crippen LogP contribution in [0.4, 0.5) is 5.69 Å². The van der Waals surface area contributed by atoms with Gasteiger partial charge in [-0.3, -0.25) is 9.69 Å². The maximum absolute atomic E-state index is 12.7. The van der Waals surface area contributed by atoms with E-state index < -0.39 is 5.54 Å². The van der Waals surface area contributed by atoms with Crippen LogP contribution < -0.4 is 5.73 Å². The van der Waals surface area contributed by atoms with E-state index in [2.05, 4.69) is 23.7 Å². The fraction of sp³-hybridized carbons (Fsp3) is 0.500. The fourth-order valence-electron chi connectivity index (χ4n) is 2.85. The molecule has 2 N–H and O–H groups in total. The lowest BCUT2D eigenvalue weighted by Gasteiger charge is -2.23. The van der Waals surface area contributed by atoms with Crippen molar-refractivity contribution in [2.75, 3.05) is 7.11 Å². The molecule has 1 heterocycles. The summed E-state index contributed by atoms with van der Waals surface area (Å²) in [4.78, 5) is 34.9. The number of guanidine groups is 1. The zero-order valence-corrected chi connectivity index (χ0v) is 13.9. The van der Waals surface area contributed by atoms with Crippen molar-refractivity contribution in [2.24, 2.45) is 16.6 Å². The number of amides is 1. The van der Waals surface area contributed by atoms with E-state index in [4.69, 9.17) is 5.73 Å². The first-order valence-corrected chi connectivity index (χ1v) is 7.54. The lowest BCUT2D eigenvalue weighted by molar-refractivity contribution is -0.736. The van der Waals surface area contributed by atoms with Gasteiger partial charge in [-0.25, -0.2) is 9.83 Å². The summed E-state index contributed by atoms with van der Waals surface area (Å²) >= 11 is 0. The van der Waals surface area contributed by atoms with Gasteiger partial charge in [-0.05, 0) is 24.8 Å². The Bertz CT molecular complexity index is 639. The Morgan fingerprint density at radius 2 is 1.96 bits per heavy atom. The molecule has 0 saturated carbocycles. The number of hydrogen-bond acceptors (Lipinski definition) is 5. The minimum Gasteiger partial charge on any atom is -0.369 e. The van der Waals surface area contributed by atoms with Gasteiger partial charge < -0.3 is 5.73 Å². The minimum atomic E-state index is -0.792. The summed E-state index contributed by atoms with van der Waals surface area (Å²) in [5.41, 5.74) is 6.40. The van der Waals surface area contributed by atoms with Crippen molar-refractivity contribution in [1.29, 1.82) is 0 Å². The smallest absolute Gasteiger partial charge is 0.316 e. The molecule has 23 heavy (non-hydrogen) atoms. The van der Waals surface area contributed by atoms with Crippen LogP contribution in [-0.4, -0.2) is 34.3 Å². The van der Waals surface area contributed by atoms with E-state index in [9.17, 15) is 9.70 Å². The van der Waals surface area contributed by atoms with Crippen molar-refractivity contribution in [1.82, 2.24) is 4.90 Å². The van der Waals surface area contributed by atoms with Gasteiger partial charge >= 0.3 is 5.69 Å². The topological polar surface area (TPSA) is 88.0 Å². The quantitative estimate of drug-likeness (QED) is 0.814. The van der Waals surface area contributed by atoms with Gasteiger partial charge in [0.15, 0.2) is 13.1 Å². The Labute approximate surface area is 135 Å². The molecule has 1 aromatic rings. The van der Waals surface area contributed by atoms with Crippen LogP contribution in [0.3, 0.4) is 0 Å². The standard InChI is InChI=1S/C16H23N4O3/c1-11(2)9-16(3)14(21)19(15(17)18-16)10-12-5-7-13(8-6-12)20(22)23-4/h5-8,11H,9-10H2,1-4H3,(H2,17,18)/q+1. The number of nitrogens with zero attached hydrogens (tertiary/aromatic N) is 3. The summed E-state index contributed by atoms with van der Waals surface area (Å²) in [6.45, 7) is 6.25. The first kappa shape index (κ1) is 16.9. The average Bonchev–Trinajstić information content (AvgIpc) is 2.69. The van der Waals surface area contributed by atoms with Gasteiger partial charge in [-0.1, -0.05) is 26.0 Å². The lowest BCUT2D eigenvalue weighted by atomic mass is 9.91. The van der Waals surface area contributed by atoms with Crippen LogP contribution in [-0.2, 0) is 16.2 Å². The van der Waals surface area contributed by atoms with E-state index in [-0.39, 0.29) is 11.9 Å². The average molecular weight is 319 g/mol. The van der Waals surface area contributed by atoms with Gasteiger partial charge in [-0.15, -0.1) is 0 Å². The van der Waals surface area contributed by atoms with Crippen LogP contribution in [0.15, 0.2) is 29.3 Å². The van der Waals surface area contributed by atoms with Crippen LogP contribution in [0.1, 0.15) is 32.8 Å². The van der Waals surface area contributed by atoms with Crippen molar-refractivity contribution in [3.05, 3.63) is 34.7 Å². The third kappa shape index (κ3) is 3.49. The SMILES string of the molecule is CO[N+](=O)c1ccc(CN2C(=O)C(C)(CC(C)C)N=C2N)cc1. The second kappa shape index (κ2) is 6.36. The summed E-state index contributed by atoms with van der Waals surface area (Å²) in [5, 5.41) is 0. The van der Waals surface area contributed by atoms with Crippen molar-refractivity contribution >= 4 is 17.6 Å². The van der Waals surface area contributed by atoms with Crippen LogP contribution >= 0.6 is 0 Å². The minimum absolute atomic E-state index is 0.0879. The maximum atomic E-state index is 12.7. The molecule has 0 bridgehead atoms. The first-order chi connectivity index (χ1) is 10.8. The van der Waals surface area contributed by atoms with Crippen LogP contribution in [0, 0.1) is 10.8 Å². The summed E-state index contributed by atoms with van der Waals surface area (Å²) < 4.78 is 0. The second-order valence-corrected chi connectivity index (χ2v) is 6.34. The normalized spacial score (nSPS) is 20.8. The van der Waals surface area contributed by atoms with Gasteiger partial charge in [-0.2, -0.15) is 0 Å². The zero-order chi connectivity index (χ0) is 17.2. The molecule has 124 valence electrons. The molecule has 1 aliphatic rings. The van der Waals surface area contributed by atoms with E-state index in [1.165, 1.54) is 12.0 Å². The Balaban J connectivity index is 2.13. The highest BCUT2D eigenvalue weighted by atomic mass is 16.8. The number of carbonyl (C=O) groups is 1. The lowest BCUT2D eigenvalue weighted by Crippen LogP contribution is -2.43. The van der Waals surface area contributed by atoms with Gasteiger partial charge in [0.1, 0.15) is 5.54 Å². The molecule has 0 fully saturated rings. The molecule has 7 nitrogen and oxygen atoms in total. The Morgan fingerprint density at radius 3 is 2.48 bits per heavy atom. The number of aliphatic imine (C=N–C) groups is 1. The molecule has 1 aromatic carbocycles. The van der Waals surface area contributed by atoms with Gasteiger partial charge in [0.05, 0.1) is 11.5 Å². The maximum Gasteiger partial charge on any atom is 0.316 e. The highest BCUT2D eigenvalue weighted by molar-refractivity contribution is 6.06. The Hall–Kier alpha value is -2.44. The summed E-state index contributed by atoms with van der Waals surface area (Å²) in [5.74, 6) is 0.497. The molecule has 1 amide bonds. The highest BCUT2D eigenvalue weighted by Gasteiger charge is 2.44. The molecule has 0 spiro atoms. The van der Waals surface area contributed by atoms with Crippen LogP contribution in [0.2, 0.25) is 0 Å². The Kier molecular flexibility index (Phi) is 4.68. The molecule has 1 aliphatic heterocycles. The van der Waals surface area contributed by atoms with Crippen molar-refractivity contribution < 1.29 is 14.6 Å². The largest absolute Gasteiger partial charge is 0.369 e. The monoisotopic (exact) mass is 319 g/mol. The zero-order valence-electron chi connectivity index (χ0n) is 13.9. The number of carbonyl (C=O) groups excluding carboxylic acids is 1. The van der Waals surface area contributed by atoms with E-state index in [1.807, 2.05) is 6.92 Å². The molecule has 0 saturated heterocycles. The summed E-state index contributed by atoms with van der Waals surface area (Å²) in [6, 6.07) is 6.79. The predicted molar refractivity (Wildman–Crippen MR) is 86.8 cm³/mol. The van der Waals surface area contributed by atoms with E-state index in [1.54, 1.807) is 24.3 Å².